The Kier molecular flexibility index (Phi) is 3.23. The monoisotopic (exact) mass is 192 g/mol. The second-order valence-electron chi connectivity index (χ2n) is 2.72. The van der Waals surface area contributed by atoms with Crippen molar-refractivity contribution in [2.75, 3.05) is 0 Å². The van der Waals surface area contributed by atoms with Crippen LogP contribution in [0.25, 0.3) is 12.2 Å². The molecule has 4 heteroatoms. The summed E-state index contributed by atoms with van der Waals surface area (Å²) in [4.78, 5) is 27.6. The van der Waals surface area contributed by atoms with Gasteiger partial charge in [0.05, 0.1) is 0 Å². The summed E-state index contributed by atoms with van der Waals surface area (Å²) in [6.45, 7) is 3.52. The van der Waals surface area contributed by atoms with Gasteiger partial charge < -0.3 is 9.97 Å². The zero-order valence-electron chi connectivity index (χ0n) is 8.13. The van der Waals surface area contributed by atoms with Crippen LogP contribution in [-0.2, 0) is 0 Å². The van der Waals surface area contributed by atoms with Gasteiger partial charge >= 0.3 is 0 Å². The summed E-state index contributed by atoms with van der Waals surface area (Å²) < 4.78 is 0. The van der Waals surface area contributed by atoms with Gasteiger partial charge in [-0.05, 0) is 19.9 Å². The van der Waals surface area contributed by atoms with E-state index in [1.54, 1.807) is 31.2 Å². The van der Waals surface area contributed by atoms with Crippen molar-refractivity contribution in [3.05, 3.63) is 43.6 Å². The molecule has 1 heterocycles. The first kappa shape index (κ1) is 10.2. The fourth-order valence-corrected chi connectivity index (χ4v) is 1.01. The highest BCUT2D eigenvalue weighted by Gasteiger charge is 1.91. The lowest BCUT2D eigenvalue weighted by Crippen LogP contribution is -2.46. The Morgan fingerprint density at radius 1 is 1.00 bits per heavy atom. The molecule has 2 N–H and O–H groups in total. The predicted octanol–water partition coefficient (Wildman–Crippen LogP) is -0.780. The van der Waals surface area contributed by atoms with Crippen molar-refractivity contribution in [2.24, 2.45) is 0 Å². The van der Waals surface area contributed by atoms with Gasteiger partial charge in [-0.3, -0.25) is 9.59 Å². The molecule has 0 aromatic carbocycles. The van der Waals surface area contributed by atoms with Crippen molar-refractivity contribution >= 4 is 12.2 Å². The quantitative estimate of drug-likeness (QED) is 0.613. The summed E-state index contributed by atoms with van der Waals surface area (Å²) in [5, 5.41) is 0.548. The van der Waals surface area contributed by atoms with Crippen LogP contribution in [0.4, 0.5) is 0 Å². The minimum absolute atomic E-state index is 0.263. The van der Waals surface area contributed by atoms with Crippen molar-refractivity contribution in [1.82, 2.24) is 9.97 Å². The highest BCUT2D eigenvalue weighted by atomic mass is 16.1. The average molecular weight is 192 g/mol. The molecule has 0 spiro atoms. The number of aromatic nitrogens is 2. The molecular weight excluding hydrogens is 180 g/mol. The van der Waals surface area contributed by atoms with Gasteiger partial charge in [0.25, 0.3) is 11.1 Å². The van der Waals surface area contributed by atoms with E-state index in [1.807, 2.05) is 6.92 Å². The van der Waals surface area contributed by atoms with Gasteiger partial charge in [0, 0.05) is 0 Å². The van der Waals surface area contributed by atoms with E-state index in [-0.39, 0.29) is 21.8 Å². The smallest absolute Gasteiger partial charge is 0.272 e. The maximum absolute atomic E-state index is 11.3. The Morgan fingerprint density at radius 2 is 1.57 bits per heavy atom. The summed E-state index contributed by atoms with van der Waals surface area (Å²) in [7, 11) is 0. The molecule has 0 unspecified atom stereocenters. The molecule has 0 fully saturated rings. The zero-order valence-corrected chi connectivity index (χ0v) is 8.13. The van der Waals surface area contributed by atoms with Gasteiger partial charge in [0.2, 0.25) is 0 Å². The minimum atomic E-state index is -0.296. The highest BCUT2D eigenvalue weighted by Crippen LogP contribution is 1.67. The van der Waals surface area contributed by atoms with Crippen LogP contribution < -0.4 is 21.8 Å². The number of hydrogen-bond acceptors (Lipinski definition) is 2. The Hall–Kier alpha value is -1.84. The van der Waals surface area contributed by atoms with Crippen molar-refractivity contribution in [3.63, 3.8) is 0 Å². The van der Waals surface area contributed by atoms with Crippen LogP contribution in [0.5, 0.6) is 0 Å². The summed E-state index contributed by atoms with van der Waals surface area (Å²) in [6.07, 6.45) is 6.58. The second-order valence-corrected chi connectivity index (χ2v) is 2.72. The Morgan fingerprint density at radius 3 is 2.14 bits per heavy atom. The van der Waals surface area contributed by atoms with E-state index >= 15 is 0 Å². The third-order valence-corrected chi connectivity index (χ3v) is 1.73. The third kappa shape index (κ3) is 2.10. The first-order chi connectivity index (χ1) is 6.69. The van der Waals surface area contributed by atoms with E-state index in [4.69, 9.17) is 0 Å². The van der Waals surface area contributed by atoms with Crippen LogP contribution in [0.1, 0.15) is 13.8 Å². The lowest BCUT2D eigenvalue weighted by molar-refractivity contribution is 1.00. The topological polar surface area (TPSA) is 65.7 Å². The SMILES string of the molecule is C/C=C/C=c1\[nH]c(=O)/c(=C\C)[nH]c1=O. The molecule has 1 aromatic rings. The first-order valence-electron chi connectivity index (χ1n) is 4.31. The fraction of sp³-hybridized carbons (Fsp3) is 0.200. The predicted molar refractivity (Wildman–Crippen MR) is 56.4 cm³/mol. The molecule has 0 aliphatic rings. The van der Waals surface area contributed by atoms with Crippen molar-refractivity contribution in [1.29, 1.82) is 0 Å². The van der Waals surface area contributed by atoms with E-state index in [1.165, 1.54) is 0 Å². The van der Waals surface area contributed by atoms with E-state index in [0.717, 1.165) is 0 Å². The molecule has 0 aliphatic heterocycles. The molecule has 0 atom stereocenters. The number of hydrogen-bond donors (Lipinski definition) is 2. The summed E-state index contributed by atoms with van der Waals surface area (Å²) in [5.74, 6) is 0. The van der Waals surface area contributed by atoms with Crippen LogP contribution in [0.2, 0.25) is 0 Å². The van der Waals surface area contributed by atoms with Crippen LogP contribution in [0.15, 0.2) is 21.7 Å². The Balaban J connectivity index is 3.62. The van der Waals surface area contributed by atoms with Crippen LogP contribution >= 0.6 is 0 Å². The normalized spacial score (nSPS) is 14.1. The number of aromatic amines is 2. The minimum Gasteiger partial charge on any atom is -0.316 e. The molecule has 0 amide bonds. The standard InChI is InChI=1S/C10H12N2O2/c1-3-5-6-8-10(14)11-7(4-2)9(13)12-8/h3-6H,1-2H3,(H,11,14)(H,12,13)/b5-3+,7-4+,8-6-. The van der Waals surface area contributed by atoms with Gasteiger partial charge in [0.15, 0.2) is 0 Å². The molecular formula is C10H12N2O2. The number of nitrogens with one attached hydrogen (secondary N) is 2. The molecule has 74 valence electrons. The van der Waals surface area contributed by atoms with E-state index in [2.05, 4.69) is 9.97 Å². The van der Waals surface area contributed by atoms with Crippen molar-refractivity contribution in [2.45, 2.75) is 13.8 Å². The fourth-order valence-electron chi connectivity index (χ4n) is 1.01. The maximum Gasteiger partial charge on any atom is 0.272 e. The lowest BCUT2D eigenvalue weighted by Gasteiger charge is -1.86. The molecule has 0 saturated carbocycles. The van der Waals surface area contributed by atoms with Gasteiger partial charge in [-0.2, -0.15) is 0 Å². The number of allylic oxidation sites excluding steroid dienone is 2. The summed E-state index contributed by atoms with van der Waals surface area (Å²) in [6, 6.07) is 0. The third-order valence-electron chi connectivity index (χ3n) is 1.73. The van der Waals surface area contributed by atoms with E-state index < -0.39 is 0 Å². The van der Waals surface area contributed by atoms with Crippen LogP contribution in [0.3, 0.4) is 0 Å². The molecule has 0 aliphatic carbocycles. The van der Waals surface area contributed by atoms with E-state index in [0.29, 0.717) is 0 Å². The van der Waals surface area contributed by atoms with Crippen LogP contribution in [-0.4, -0.2) is 9.97 Å². The molecule has 0 radical (unpaired) electrons. The molecule has 4 nitrogen and oxygen atoms in total. The highest BCUT2D eigenvalue weighted by molar-refractivity contribution is 5.32. The maximum atomic E-state index is 11.3. The molecule has 0 saturated heterocycles. The lowest BCUT2D eigenvalue weighted by atomic mass is 10.4. The van der Waals surface area contributed by atoms with Gasteiger partial charge in [0.1, 0.15) is 10.7 Å². The second kappa shape index (κ2) is 4.41. The van der Waals surface area contributed by atoms with Crippen molar-refractivity contribution in [3.8, 4) is 0 Å². The molecule has 0 bridgehead atoms. The first-order valence-corrected chi connectivity index (χ1v) is 4.31. The number of H-pyrrole nitrogens is 2. The molecule has 1 rings (SSSR count). The Bertz CT molecular complexity index is 561. The molecule has 14 heavy (non-hydrogen) atoms. The van der Waals surface area contributed by atoms with Crippen molar-refractivity contribution < 1.29 is 0 Å². The largest absolute Gasteiger partial charge is 0.316 e. The van der Waals surface area contributed by atoms with E-state index in [9.17, 15) is 9.59 Å². The summed E-state index contributed by atoms with van der Waals surface area (Å²) >= 11 is 0. The van der Waals surface area contributed by atoms with Crippen LogP contribution in [0, 0.1) is 0 Å². The van der Waals surface area contributed by atoms with Gasteiger partial charge in [-0.1, -0.05) is 18.2 Å². The Labute approximate surface area is 80.3 Å². The van der Waals surface area contributed by atoms with Gasteiger partial charge in [-0.15, -0.1) is 0 Å². The van der Waals surface area contributed by atoms with Gasteiger partial charge in [-0.25, -0.2) is 0 Å². The number of rotatable bonds is 1. The average Bonchev–Trinajstić information content (AvgIpc) is 2.18. The zero-order chi connectivity index (χ0) is 10.6. The summed E-state index contributed by atoms with van der Waals surface area (Å²) in [5.41, 5.74) is -0.585. The molecule has 1 aromatic heterocycles.